The summed E-state index contributed by atoms with van der Waals surface area (Å²) in [5.41, 5.74) is 7.82. The summed E-state index contributed by atoms with van der Waals surface area (Å²) in [4.78, 5) is 4.74. The van der Waals surface area contributed by atoms with Gasteiger partial charge in [0.25, 0.3) is 0 Å². The van der Waals surface area contributed by atoms with Crippen LogP contribution in [0.5, 0.6) is 5.75 Å². The Bertz CT molecular complexity index is 629. The molecule has 1 saturated carbocycles. The van der Waals surface area contributed by atoms with E-state index in [2.05, 4.69) is 0 Å². The summed E-state index contributed by atoms with van der Waals surface area (Å²) in [5, 5.41) is 0. The fourth-order valence-electron chi connectivity index (χ4n) is 3.08. The van der Waals surface area contributed by atoms with Gasteiger partial charge in [0.2, 0.25) is 0 Å². The van der Waals surface area contributed by atoms with Gasteiger partial charge in [0.05, 0.1) is 6.61 Å². The lowest BCUT2D eigenvalue weighted by Gasteiger charge is -2.08. The first kappa shape index (κ1) is 13.8. The molecule has 112 valence electrons. The van der Waals surface area contributed by atoms with Crippen molar-refractivity contribution in [3.8, 4) is 17.0 Å². The lowest BCUT2D eigenvalue weighted by molar-refractivity contribution is 0.341. The third-order valence-electron chi connectivity index (χ3n) is 4.14. The largest absolute Gasteiger partial charge is 0.493 e. The first-order valence-electron chi connectivity index (χ1n) is 7.57. The number of ether oxygens (including phenoxy) is 1. The smallest absolute Gasteiger partial charge is 0.150 e. The number of rotatable bonds is 4. The van der Waals surface area contributed by atoms with Crippen molar-refractivity contribution >= 4 is 5.82 Å². The molecule has 1 fully saturated rings. The summed E-state index contributed by atoms with van der Waals surface area (Å²) in [5.74, 6) is 8.75. The number of hydrogen-bond acceptors (Lipinski definition) is 4. The lowest BCUT2D eigenvalue weighted by atomic mass is 10.1. The van der Waals surface area contributed by atoms with E-state index in [1.165, 1.54) is 12.8 Å². The van der Waals surface area contributed by atoms with Gasteiger partial charge in [-0.2, -0.15) is 0 Å². The Kier molecular flexibility index (Phi) is 3.73. The van der Waals surface area contributed by atoms with Crippen LogP contribution in [-0.4, -0.2) is 16.3 Å². The molecule has 0 bridgehead atoms. The van der Waals surface area contributed by atoms with E-state index in [4.69, 9.17) is 21.3 Å². The van der Waals surface area contributed by atoms with Crippen molar-refractivity contribution in [3.05, 3.63) is 30.1 Å². The van der Waals surface area contributed by atoms with Gasteiger partial charge in [-0.25, -0.2) is 9.66 Å². The normalized spacial score (nSPS) is 15.5. The molecule has 0 spiro atoms. The van der Waals surface area contributed by atoms with Crippen molar-refractivity contribution in [1.29, 1.82) is 0 Å². The molecule has 2 aromatic rings. The summed E-state index contributed by atoms with van der Waals surface area (Å²) in [6, 6.07) is 7.81. The Morgan fingerprint density at radius 3 is 2.71 bits per heavy atom. The molecule has 1 heterocycles. The van der Waals surface area contributed by atoms with Crippen molar-refractivity contribution in [2.45, 2.75) is 38.5 Å². The number of anilines is 1. The zero-order chi connectivity index (χ0) is 14.8. The predicted molar refractivity (Wildman–Crippen MR) is 84.6 cm³/mol. The minimum absolute atomic E-state index is 0.422. The van der Waals surface area contributed by atoms with Gasteiger partial charge in [0.1, 0.15) is 17.3 Å². The van der Waals surface area contributed by atoms with E-state index in [0.717, 1.165) is 35.7 Å². The highest BCUT2D eigenvalue weighted by atomic mass is 16.5. The Hall–Kier alpha value is -2.17. The van der Waals surface area contributed by atoms with E-state index < -0.39 is 0 Å². The molecule has 1 aromatic heterocycles. The minimum atomic E-state index is 0.422. The maximum absolute atomic E-state index is 6.19. The molecule has 0 amide bonds. The maximum Gasteiger partial charge on any atom is 0.150 e. The number of hydrogen-bond donors (Lipinski definition) is 2. The van der Waals surface area contributed by atoms with E-state index in [0.29, 0.717) is 18.3 Å². The second-order valence-corrected chi connectivity index (χ2v) is 5.48. The average Bonchev–Trinajstić information content (AvgIpc) is 3.11. The molecule has 0 atom stereocenters. The molecule has 3 rings (SSSR count). The molecule has 21 heavy (non-hydrogen) atoms. The quantitative estimate of drug-likeness (QED) is 0.847. The first-order valence-corrected chi connectivity index (χ1v) is 7.57. The van der Waals surface area contributed by atoms with Crippen LogP contribution in [0.4, 0.5) is 5.82 Å². The monoisotopic (exact) mass is 286 g/mol. The van der Waals surface area contributed by atoms with Gasteiger partial charge < -0.3 is 16.3 Å². The third-order valence-corrected chi connectivity index (χ3v) is 4.14. The first-order chi connectivity index (χ1) is 10.2. The van der Waals surface area contributed by atoms with Crippen LogP contribution < -0.4 is 16.3 Å². The zero-order valence-electron chi connectivity index (χ0n) is 12.4. The van der Waals surface area contributed by atoms with Gasteiger partial charge in [-0.05, 0) is 31.9 Å². The number of nitrogen functional groups attached to an aromatic ring is 2. The zero-order valence-corrected chi connectivity index (χ0v) is 12.4. The lowest BCUT2D eigenvalue weighted by Crippen LogP contribution is -2.17. The topological polar surface area (TPSA) is 79.1 Å². The Morgan fingerprint density at radius 1 is 1.29 bits per heavy atom. The highest BCUT2D eigenvalue weighted by Gasteiger charge is 2.25. The number of nitrogens with two attached hydrogens (primary N) is 2. The highest BCUT2D eigenvalue weighted by molar-refractivity contribution is 5.76. The fraction of sp³-hybridized carbons (Fsp3) is 0.438. The van der Waals surface area contributed by atoms with Crippen LogP contribution in [0, 0.1) is 0 Å². The summed E-state index contributed by atoms with van der Waals surface area (Å²) in [6.45, 7) is 2.57. The number of benzene rings is 1. The van der Waals surface area contributed by atoms with Crippen LogP contribution in [0.1, 0.15) is 44.3 Å². The van der Waals surface area contributed by atoms with Crippen molar-refractivity contribution in [3.63, 3.8) is 0 Å². The van der Waals surface area contributed by atoms with E-state index in [1.807, 2.05) is 31.2 Å². The number of para-hydroxylation sites is 1. The molecule has 1 aromatic carbocycles. The van der Waals surface area contributed by atoms with E-state index in [-0.39, 0.29) is 0 Å². The molecule has 0 radical (unpaired) electrons. The SMILES string of the molecule is CCOc1ccccc1-c1nc(C2CCCC2)n(N)c1N. The van der Waals surface area contributed by atoms with E-state index in [1.54, 1.807) is 4.68 Å². The molecule has 4 N–H and O–H groups in total. The molecule has 0 aliphatic heterocycles. The van der Waals surface area contributed by atoms with Crippen LogP contribution in [-0.2, 0) is 0 Å². The van der Waals surface area contributed by atoms with Gasteiger partial charge in [-0.1, -0.05) is 25.0 Å². The molecule has 0 unspecified atom stereocenters. The van der Waals surface area contributed by atoms with Crippen molar-refractivity contribution in [2.75, 3.05) is 18.2 Å². The van der Waals surface area contributed by atoms with Gasteiger partial charge in [0, 0.05) is 11.5 Å². The molecule has 5 nitrogen and oxygen atoms in total. The van der Waals surface area contributed by atoms with Crippen LogP contribution in [0.3, 0.4) is 0 Å². The summed E-state index contributed by atoms with van der Waals surface area (Å²) >= 11 is 0. The van der Waals surface area contributed by atoms with E-state index in [9.17, 15) is 0 Å². The summed E-state index contributed by atoms with van der Waals surface area (Å²) in [7, 11) is 0. The predicted octanol–water partition coefficient (Wildman–Crippen LogP) is 2.90. The molecule has 1 aliphatic rings. The second kappa shape index (κ2) is 5.68. The number of aromatic nitrogens is 2. The Morgan fingerprint density at radius 2 is 2.00 bits per heavy atom. The van der Waals surface area contributed by atoms with Crippen LogP contribution >= 0.6 is 0 Å². The molecule has 0 saturated heterocycles. The van der Waals surface area contributed by atoms with Crippen molar-refractivity contribution in [1.82, 2.24) is 9.66 Å². The second-order valence-electron chi connectivity index (χ2n) is 5.48. The molecule has 1 aliphatic carbocycles. The summed E-state index contributed by atoms with van der Waals surface area (Å²) in [6.07, 6.45) is 4.75. The van der Waals surface area contributed by atoms with E-state index >= 15 is 0 Å². The maximum atomic E-state index is 6.19. The molecular weight excluding hydrogens is 264 g/mol. The Labute approximate surface area is 124 Å². The fourth-order valence-corrected chi connectivity index (χ4v) is 3.08. The number of imidazole rings is 1. The highest BCUT2D eigenvalue weighted by Crippen LogP contribution is 2.38. The minimum Gasteiger partial charge on any atom is -0.493 e. The van der Waals surface area contributed by atoms with Crippen LogP contribution in [0.25, 0.3) is 11.3 Å². The number of nitrogens with zero attached hydrogens (tertiary/aromatic N) is 2. The van der Waals surface area contributed by atoms with Crippen LogP contribution in [0.2, 0.25) is 0 Å². The van der Waals surface area contributed by atoms with Gasteiger partial charge in [-0.3, -0.25) is 0 Å². The van der Waals surface area contributed by atoms with Gasteiger partial charge in [0.15, 0.2) is 5.82 Å². The summed E-state index contributed by atoms with van der Waals surface area (Å²) < 4.78 is 7.23. The molecular formula is C16H22N4O. The average molecular weight is 286 g/mol. The molecule has 5 heteroatoms. The van der Waals surface area contributed by atoms with Gasteiger partial charge >= 0.3 is 0 Å². The van der Waals surface area contributed by atoms with Crippen molar-refractivity contribution in [2.24, 2.45) is 0 Å². The van der Waals surface area contributed by atoms with Gasteiger partial charge in [-0.15, -0.1) is 0 Å². The van der Waals surface area contributed by atoms with Crippen LogP contribution in [0.15, 0.2) is 24.3 Å². The third kappa shape index (κ3) is 2.44. The Balaban J connectivity index is 2.05. The standard InChI is InChI=1S/C16H22N4O/c1-2-21-13-10-6-5-9-12(13)14-15(17)20(18)16(19-14)11-7-3-4-8-11/h5-6,9-11H,2-4,7-8,17-18H2,1H3. The van der Waals surface area contributed by atoms with Crippen molar-refractivity contribution < 1.29 is 4.74 Å².